The van der Waals surface area contributed by atoms with Gasteiger partial charge in [-0.1, -0.05) is 11.6 Å². The van der Waals surface area contributed by atoms with E-state index in [0.717, 1.165) is 34.9 Å². The largest absolute Gasteiger partial charge is 0.495 e. The number of carbonyl (C=O) groups excluding carboxylic acids is 1. The van der Waals surface area contributed by atoms with Crippen LogP contribution in [0.15, 0.2) is 42.7 Å². The number of nitrogens with two attached hydrogens (primary N) is 1. The second-order valence-electron chi connectivity index (χ2n) is 9.98. The molecule has 2 atom stereocenters. The maximum Gasteiger partial charge on any atom is 0.267 e. The Morgan fingerprint density at radius 1 is 1.18 bits per heavy atom. The number of hydrogen-bond donors (Lipinski definition) is 3. The number of nitrogens with zero attached hydrogens (tertiary/aromatic N) is 4. The van der Waals surface area contributed by atoms with Gasteiger partial charge in [0.05, 0.1) is 12.1 Å². The highest BCUT2D eigenvalue weighted by Crippen LogP contribution is 2.31. The van der Waals surface area contributed by atoms with Crippen molar-refractivity contribution in [2.24, 2.45) is 5.84 Å². The molecule has 10 heteroatoms. The van der Waals surface area contributed by atoms with Gasteiger partial charge in [0, 0.05) is 61.6 Å². The predicted octanol–water partition coefficient (Wildman–Crippen LogP) is 4.11. The van der Waals surface area contributed by atoms with Gasteiger partial charge in [0.25, 0.3) is 5.91 Å². The van der Waals surface area contributed by atoms with Crippen LogP contribution in [0.1, 0.15) is 40.9 Å². The molecule has 4 N–H and O–H groups in total. The van der Waals surface area contributed by atoms with Crippen molar-refractivity contribution < 1.29 is 9.53 Å². The van der Waals surface area contributed by atoms with Crippen LogP contribution in [0.5, 0.6) is 5.75 Å². The fourth-order valence-electron chi connectivity index (χ4n) is 4.88. The molecule has 1 aliphatic rings. The summed E-state index contributed by atoms with van der Waals surface area (Å²) in [4.78, 5) is 23.8. The van der Waals surface area contributed by atoms with Crippen molar-refractivity contribution in [3.8, 4) is 5.75 Å². The van der Waals surface area contributed by atoms with Crippen molar-refractivity contribution in [2.75, 3.05) is 37.5 Å². The normalized spacial score (nSPS) is 17.3. The van der Waals surface area contributed by atoms with Crippen LogP contribution < -0.4 is 26.1 Å². The van der Waals surface area contributed by atoms with Crippen molar-refractivity contribution in [2.45, 2.75) is 45.7 Å². The summed E-state index contributed by atoms with van der Waals surface area (Å²) in [6.45, 7) is 8.56. The van der Waals surface area contributed by atoms with Crippen molar-refractivity contribution >= 4 is 34.8 Å². The van der Waals surface area contributed by atoms with E-state index in [4.69, 9.17) is 22.2 Å². The van der Waals surface area contributed by atoms with Crippen LogP contribution in [0.25, 0.3) is 0 Å². The molecule has 1 amide bonds. The molecule has 0 bridgehead atoms. The van der Waals surface area contributed by atoms with Crippen LogP contribution >= 0.6 is 11.6 Å². The average Bonchev–Trinajstić information content (AvgIpc) is 2.88. The van der Waals surface area contributed by atoms with Crippen molar-refractivity contribution in [1.29, 1.82) is 0 Å². The zero-order valence-electron chi connectivity index (χ0n) is 22.6. The van der Waals surface area contributed by atoms with E-state index in [-0.39, 0.29) is 5.91 Å². The van der Waals surface area contributed by atoms with E-state index in [0.29, 0.717) is 47.2 Å². The van der Waals surface area contributed by atoms with E-state index >= 15 is 0 Å². The molecule has 0 radical (unpaired) electrons. The number of hydrogen-bond acceptors (Lipinski definition) is 8. The molecule has 1 fully saturated rings. The molecule has 1 aromatic heterocycles. The molecule has 0 spiro atoms. The van der Waals surface area contributed by atoms with Gasteiger partial charge >= 0.3 is 0 Å². The summed E-state index contributed by atoms with van der Waals surface area (Å²) in [5, 5.41) is 8.40. The summed E-state index contributed by atoms with van der Waals surface area (Å²) in [5.41, 5.74) is 5.58. The standard InChI is InChI=1S/C28H36ClN7O2/c1-17-10-23(8-9-24(17)36-15-18(2)33-19(3)16-36)34-28-31-13-20(14-32-28)6-7-21-11-22(27(37)35(4)30)12-25(38-5)26(21)29/h8-14,18-19,33H,6-7,15-16,30H2,1-5H3,(H,31,32,34)/t18-,19+. The zero-order valence-corrected chi connectivity index (χ0v) is 23.3. The predicted molar refractivity (Wildman–Crippen MR) is 152 cm³/mol. The number of aryl methyl sites for hydroxylation is 3. The van der Waals surface area contributed by atoms with Gasteiger partial charge < -0.3 is 20.3 Å². The third kappa shape index (κ3) is 6.53. The first-order valence-electron chi connectivity index (χ1n) is 12.7. The van der Waals surface area contributed by atoms with E-state index in [9.17, 15) is 4.79 Å². The van der Waals surface area contributed by atoms with Crippen LogP contribution in [0.2, 0.25) is 5.02 Å². The van der Waals surface area contributed by atoms with Gasteiger partial charge in [0.2, 0.25) is 5.95 Å². The highest BCUT2D eigenvalue weighted by molar-refractivity contribution is 6.33. The lowest BCUT2D eigenvalue weighted by Gasteiger charge is -2.38. The smallest absolute Gasteiger partial charge is 0.267 e. The molecule has 0 unspecified atom stereocenters. The monoisotopic (exact) mass is 537 g/mol. The lowest BCUT2D eigenvalue weighted by Crippen LogP contribution is -2.54. The summed E-state index contributed by atoms with van der Waals surface area (Å²) in [5.74, 6) is 6.27. The lowest BCUT2D eigenvalue weighted by molar-refractivity contribution is 0.0794. The maximum atomic E-state index is 12.4. The molecule has 3 aromatic rings. The Morgan fingerprint density at radius 2 is 1.87 bits per heavy atom. The number of hydrazine groups is 1. The number of ether oxygens (including phenoxy) is 1. The topological polar surface area (TPSA) is 109 Å². The molecule has 2 heterocycles. The fraction of sp³-hybridized carbons (Fsp3) is 0.393. The molecule has 4 rings (SSSR count). The molecule has 202 valence electrons. The number of halogens is 1. The van der Waals surface area contributed by atoms with Crippen LogP contribution in [0.4, 0.5) is 17.3 Å². The van der Waals surface area contributed by atoms with Gasteiger partial charge in [-0.05, 0) is 80.6 Å². The Morgan fingerprint density at radius 3 is 2.47 bits per heavy atom. The van der Waals surface area contributed by atoms with Crippen LogP contribution in [0, 0.1) is 6.92 Å². The van der Waals surface area contributed by atoms with Gasteiger partial charge in [-0.25, -0.2) is 15.8 Å². The van der Waals surface area contributed by atoms with Gasteiger partial charge in [0.1, 0.15) is 5.75 Å². The van der Waals surface area contributed by atoms with Crippen LogP contribution in [-0.2, 0) is 12.8 Å². The minimum Gasteiger partial charge on any atom is -0.495 e. The van der Waals surface area contributed by atoms with Crippen molar-refractivity contribution in [3.05, 3.63) is 70.0 Å². The van der Waals surface area contributed by atoms with E-state index in [1.807, 2.05) is 0 Å². The first-order chi connectivity index (χ1) is 18.1. The Labute approximate surface area is 229 Å². The Balaban J connectivity index is 1.41. The fourth-order valence-corrected chi connectivity index (χ4v) is 5.16. The maximum absolute atomic E-state index is 12.4. The van der Waals surface area contributed by atoms with Gasteiger partial charge in [0.15, 0.2) is 0 Å². The number of piperazine rings is 1. The van der Waals surface area contributed by atoms with Crippen LogP contribution in [0.3, 0.4) is 0 Å². The number of rotatable bonds is 8. The second kappa shape index (κ2) is 12.0. The Bertz CT molecular complexity index is 1270. The minimum atomic E-state index is -0.319. The van der Waals surface area contributed by atoms with Gasteiger partial charge in [-0.3, -0.25) is 9.80 Å². The van der Waals surface area contributed by atoms with Gasteiger partial charge in [-0.2, -0.15) is 0 Å². The highest BCUT2D eigenvalue weighted by atomic mass is 35.5. The summed E-state index contributed by atoms with van der Waals surface area (Å²) in [7, 11) is 3.02. The van der Waals surface area contributed by atoms with E-state index < -0.39 is 0 Å². The molecular weight excluding hydrogens is 502 g/mol. The quantitative estimate of drug-likeness (QED) is 0.224. The van der Waals surface area contributed by atoms with Gasteiger partial charge in [-0.15, -0.1) is 0 Å². The molecule has 9 nitrogen and oxygen atoms in total. The van der Waals surface area contributed by atoms with E-state index in [2.05, 4.69) is 64.5 Å². The average molecular weight is 538 g/mol. The molecule has 38 heavy (non-hydrogen) atoms. The second-order valence-corrected chi connectivity index (χ2v) is 10.4. The van der Waals surface area contributed by atoms with Crippen molar-refractivity contribution in [1.82, 2.24) is 20.3 Å². The zero-order chi connectivity index (χ0) is 27.4. The molecular formula is C28H36ClN7O2. The highest BCUT2D eigenvalue weighted by Gasteiger charge is 2.22. The number of methoxy groups -OCH3 is 1. The lowest BCUT2D eigenvalue weighted by atomic mass is 10.0. The molecule has 2 aromatic carbocycles. The van der Waals surface area contributed by atoms with E-state index in [1.54, 1.807) is 24.5 Å². The molecule has 0 saturated carbocycles. The summed E-state index contributed by atoms with van der Waals surface area (Å²) < 4.78 is 5.36. The first kappa shape index (κ1) is 27.6. The number of nitrogens with one attached hydrogen (secondary N) is 2. The van der Waals surface area contributed by atoms with Crippen LogP contribution in [-0.4, -0.2) is 60.2 Å². The van der Waals surface area contributed by atoms with Crippen molar-refractivity contribution in [3.63, 3.8) is 0 Å². The summed E-state index contributed by atoms with van der Waals surface area (Å²) in [6.07, 6.45) is 4.83. The summed E-state index contributed by atoms with van der Waals surface area (Å²) >= 11 is 6.51. The number of benzene rings is 2. The number of amides is 1. The number of anilines is 3. The SMILES string of the molecule is COc1cc(C(=O)N(C)N)cc(CCc2cnc(Nc3ccc(N4C[C@@H](C)N[C@@H](C)C4)c(C)c3)nc2)c1Cl. The third-order valence-corrected chi connectivity index (χ3v) is 7.07. The third-order valence-electron chi connectivity index (χ3n) is 6.64. The Kier molecular flexibility index (Phi) is 8.71. The number of aromatic nitrogens is 2. The summed E-state index contributed by atoms with van der Waals surface area (Å²) in [6, 6.07) is 10.6. The molecule has 1 saturated heterocycles. The first-order valence-corrected chi connectivity index (χ1v) is 13.1. The minimum absolute atomic E-state index is 0.319. The molecule has 1 aliphatic heterocycles. The van der Waals surface area contributed by atoms with E-state index in [1.165, 1.54) is 25.4 Å². The number of carbonyl (C=O) groups is 1. The Hall–Kier alpha value is -3.40. The molecule has 0 aliphatic carbocycles.